The molecule has 1 amide bonds. The van der Waals surface area contributed by atoms with Crippen LogP contribution < -0.4 is 5.32 Å². The van der Waals surface area contributed by atoms with E-state index in [0.717, 1.165) is 16.7 Å². The Morgan fingerprint density at radius 2 is 1.45 bits per heavy atom. The molecule has 0 saturated heterocycles. The van der Waals surface area contributed by atoms with Crippen molar-refractivity contribution < 1.29 is 19.4 Å². The van der Waals surface area contributed by atoms with Crippen LogP contribution in [0.3, 0.4) is 0 Å². The van der Waals surface area contributed by atoms with E-state index in [4.69, 9.17) is 4.74 Å². The Morgan fingerprint density at radius 1 is 0.897 bits per heavy atom. The van der Waals surface area contributed by atoms with Crippen LogP contribution in [-0.4, -0.2) is 23.1 Å². The van der Waals surface area contributed by atoms with Gasteiger partial charge in [0.1, 0.15) is 11.3 Å². The fourth-order valence-corrected chi connectivity index (χ4v) is 3.00. The van der Waals surface area contributed by atoms with E-state index in [-0.39, 0.29) is 17.4 Å². The summed E-state index contributed by atoms with van der Waals surface area (Å²) < 4.78 is 5.28. The van der Waals surface area contributed by atoms with Gasteiger partial charge in [-0.15, -0.1) is 0 Å². The summed E-state index contributed by atoms with van der Waals surface area (Å²) in [5, 5.41) is 12.9. The smallest absolute Gasteiger partial charge is 0.342 e. The number of carbonyl (C=O) groups is 2. The van der Waals surface area contributed by atoms with Crippen molar-refractivity contribution in [1.82, 2.24) is 5.32 Å². The van der Waals surface area contributed by atoms with Gasteiger partial charge in [0.05, 0.1) is 6.04 Å². The maximum Gasteiger partial charge on any atom is 0.342 e. The molecule has 0 bridgehead atoms. The van der Waals surface area contributed by atoms with Gasteiger partial charge in [-0.25, -0.2) is 4.79 Å². The Hall–Kier alpha value is -3.60. The van der Waals surface area contributed by atoms with Crippen molar-refractivity contribution in [2.24, 2.45) is 0 Å². The standard InChI is InChI=1S/C24H23NO4/c1-16-13-14-20(21(26)15-16)24(28)29-17(2)23(27)25-22(18-9-5-3-6-10-18)19-11-7-4-8-12-19/h3-15,17,22,26H,1-2H3,(H,25,27)/t17-/m1/s1. The maximum absolute atomic E-state index is 12.8. The number of ether oxygens (including phenoxy) is 1. The van der Waals surface area contributed by atoms with Gasteiger partial charge >= 0.3 is 5.97 Å². The first-order chi connectivity index (χ1) is 14.0. The number of benzene rings is 3. The summed E-state index contributed by atoms with van der Waals surface area (Å²) >= 11 is 0. The molecule has 0 fully saturated rings. The lowest BCUT2D eigenvalue weighted by Gasteiger charge is -2.22. The molecular formula is C24H23NO4. The zero-order valence-electron chi connectivity index (χ0n) is 16.3. The van der Waals surface area contributed by atoms with Crippen LogP contribution in [0.15, 0.2) is 78.9 Å². The van der Waals surface area contributed by atoms with Crippen molar-refractivity contribution >= 4 is 11.9 Å². The third kappa shape index (κ3) is 5.02. The van der Waals surface area contributed by atoms with E-state index in [0.29, 0.717) is 0 Å². The first kappa shape index (κ1) is 20.1. The van der Waals surface area contributed by atoms with Gasteiger partial charge in [0.25, 0.3) is 5.91 Å². The second kappa shape index (κ2) is 9.06. The molecule has 0 aliphatic rings. The minimum atomic E-state index is -1.03. The Kier molecular flexibility index (Phi) is 6.29. The zero-order valence-corrected chi connectivity index (χ0v) is 16.3. The molecular weight excluding hydrogens is 366 g/mol. The normalized spacial score (nSPS) is 11.7. The molecule has 1 atom stereocenters. The van der Waals surface area contributed by atoms with Gasteiger partial charge in [-0.3, -0.25) is 4.79 Å². The lowest BCUT2D eigenvalue weighted by Crippen LogP contribution is -2.38. The van der Waals surface area contributed by atoms with Crippen LogP contribution in [0, 0.1) is 6.92 Å². The topological polar surface area (TPSA) is 75.6 Å². The van der Waals surface area contributed by atoms with E-state index in [1.165, 1.54) is 19.1 Å². The quantitative estimate of drug-likeness (QED) is 0.621. The van der Waals surface area contributed by atoms with Gasteiger partial charge in [0, 0.05) is 0 Å². The highest BCUT2D eigenvalue weighted by atomic mass is 16.5. The predicted octanol–water partition coefficient (Wildman–Crippen LogP) is 4.15. The lowest BCUT2D eigenvalue weighted by atomic mass is 9.98. The molecule has 5 nitrogen and oxygen atoms in total. The van der Waals surface area contributed by atoms with Crippen LogP contribution in [0.4, 0.5) is 0 Å². The number of phenols is 1. The molecule has 5 heteroatoms. The Bertz CT molecular complexity index is 947. The monoisotopic (exact) mass is 389 g/mol. The summed E-state index contributed by atoms with van der Waals surface area (Å²) in [6, 6.07) is 23.4. The van der Waals surface area contributed by atoms with Gasteiger partial charge in [0.2, 0.25) is 0 Å². The Labute approximate surface area is 170 Å². The third-order valence-electron chi connectivity index (χ3n) is 4.58. The van der Waals surface area contributed by atoms with Gasteiger partial charge in [-0.05, 0) is 42.7 Å². The fraction of sp³-hybridized carbons (Fsp3) is 0.167. The van der Waals surface area contributed by atoms with Crippen LogP contribution in [0.1, 0.15) is 40.0 Å². The highest BCUT2D eigenvalue weighted by Gasteiger charge is 2.24. The molecule has 3 rings (SSSR count). The van der Waals surface area contributed by atoms with Gasteiger partial charge in [0.15, 0.2) is 6.10 Å². The highest BCUT2D eigenvalue weighted by molar-refractivity contribution is 5.94. The minimum Gasteiger partial charge on any atom is -0.507 e. The van der Waals surface area contributed by atoms with Crippen molar-refractivity contribution in [1.29, 1.82) is 0 Å². The van der Waals surface area contributed by atoms with E-state index >= 15 is 0 Å². The maximum atomic E-state index is 12.8. The summed E-state index contributed by atoms with van der Waals surface area (Å²) in [5.41, 5.74) is 2.68. The van der Waals surface area contributed by atoms with Crippen molar-refractivity contribution in [3.63, 3.8) is 0 Å². The van der Waals surface area contributed by atoms with E-state index < -0.39 is 18.0 Å². The molecule has 3 aromatic rings. The second-order valence-electron chi connectivity index (χ2n) is 6.83. The number of phenolic OH excluding ortho intramolecular Hbond substituents is 1. The number of carbonyl (C=O) groups excluding carboxylic acids is 2. The second-order valence-corrected chi connectivity index (χ2v) is 6.83. The number of aryl methyl sites for hydroxylation is 1. The Morgan fingerprint density at radius 3 is 1.97 bits per heavy atom. The molecule has 0 aromatic heterocycles. The van der Waals surface area contributed by atoms with E-state index in [1.54, 1.807) is 13.0 Å². The number of esters is 1. The van der Waals surface area contributed by atoms with Crippen LogP contribution >= 0.6 is 0 Å². The number of rotatable bonds is 6. The molecule has 2 N–H and O–H groups in total. The molecule has 0 radical (unpaired) electrons. The fourth-order valence-electron chi connectivity index (χ4n) is 3.00. The van der Waals surface area contributed by atoms with Crippen LogP contribution in [0.5, 0.6) is 5.75 Å². The first-order valence-corrected chi connectivity index (χ1v) is 9.36. The molecule has 148 valence electrons. The number of amides is 1. The van der Waals surface area contributed by atoms with Crippen molar-refractivity contribution in [3.8, 4) is 5.75 Å². The average Bonchev–Trinajstić information content (AvgIpc) is 2.73. The summed E-state index contributed by atoms with van der Waals surface area (Å²) in [7, 11) is 0. The van der Waals surface area contributed by atoms with E-state index in [9.17, 15) is 14.7 Å². The number of hydrogen-bond donors (Lipinski definition) is 2. The van der Waals surface area contributed by atoms with Crippen LogP contribution in [0.25, 0.3) is 0 Å². The van der Waals surface area contributed by atoms with Crippen molar-refractivity contribution in [2.45, 2.75) is 26.0 Å². The molecule has 3 aromatic carbocycles. The minimum absolute atomic E-state index is 0.0259. The average molecular weight is 389 g/mol. The van der Waals surface area contributed by atoms with Crippen LogP contribution in [-0.2, 0) is 9.53 Å². The SMILES string of the molecule is Cc1ccc(C(=O)O[C@H](C)C(=O)NC(c2ccccc2)c2ccccc2)c(O)c1. The summed E-state index contributed by atoms with van der Waals surface area (Å²) in [5.74, 6) is -1.35. The molecule has 0 heterocycles. The predicted molar refractivity (Wildman–Crippen MR) is 111 cm³/mol. The molecule has 0 aliphatic carbocycles. The third-order valence-corrected chi connectivity index (χ3v) is 4.58. The molecule has 0 saturated carbocycles. The summed E-state index contributed by atoms with van der Waals surface area (Å²) in [4.78, 5) is 25.1. The van der Waals surface area contributed by atoms with Crippen LogP contribution in [0.2, 0.25) is 0 Å². The van der Waals surface area contributed by atoms with Crippen molar-refractivity contribution in [2.75, 3.05) is 0 Å². The van der Waals surface area contributed by atoms with Gasteiger partial charge < -0.3 is 15.2 Å². The summed E-state index contributed by atoms with van der Waals surface area (Å²) in [6.07, 6.45) is -1.03. The molecule has 0 unspecified atom stereocenters. The lowest BCUT2D eigenvalue weighted by molar-refractivity contribution is -0.129. The molecule has 0 aliphatic heterocycles. The number of aromatic hydroxyl groups is 1. The number of hydrogen-bond acceptors (Lipinski definition) is 4. The highest BCUT2D eigenvalue weighted by Crippen LogP contribution is 2.23. The molecule has 29 heavy (non-hydrogen) atoms. The first-order valence-electron chi connectivity index (χ1n) is 9.36. The van der Waals surface area contributed by atoms with Gasteiger partial charge in [-0.1, -0.05) is 66.7 Å². The Balaban J connectivity index is 1.74. The van der Waals surface area contributed by atoms with Crippen molar-refractivity contribution in [3.05, 3.63) is 101 Å². The number of nitrogens with one attached hydrogen (secondary N) is 1. The summed E-state index contributed by atoms with van der Waals surface area (Å²) in [6.45, 7) is 3.31. The largest absolute Gasteiger partial charge is 0.507 e. The van der Waals surface area contributed by atoms with E-state index in [1.807, 2.05) is 60.7 Å². The molecule has 0 spiro atoms. The van der Waals surface area contributed by atoms with Gasteiger partial charge in [-0.2, -0.15) is 0 Å². The zero-order chi connectivity index (χ0) is 20.8. The van der Waals surface area contributed by atoms with E-state index in [2.05, 4.69) is 5.32 Å².